The lowest BCUT2D eigenvalue weighted by Crippen LogP contribution is -2.36. The number of nitrogens with one attached hydrogen (secondary N) is 1. The van der Waals surface area contributed by atoms with Crippen molar-refractivity contribution >= 4 is 11.6 Å². The number of carbonyl (C=O) groups excluding carboxylic acids is 1. The SMILES string of the molecule is CCc1c[nH]n2c(=O)cc(CCN3CCCCC3=O)nc12. The van der Waals surface area contributed by atoms with Gasteiger partial charge in [-0.15, -0.1) is 0 Å². The number of rotatable bonds is 4. The fraction of sp³-hybridized carbons (Fsp3) is 0.533. The molecule has 1 aliphatic heterocycles. The van der Waals surface area contributed by atoms with Crippen LogP contribution in [-0.4, -0.2) is 38.5 Å². The van der Waals surface area contributed by atoms with Gasteiger partial charge in [0.2, 0.25) is 5.91 Å². The largest absolute Gasteiger partial charge is 0.342 e. The summed E-state index contributed by atoms with van der Waals surface area (Å²) in [6.45, 7) is 3.51. The molecule has 0 radical (unpaired) electrons. The van der Waals surface area contributed by atoms with Crippen molar-refractivity contribution in [3.63, 3.8) is 0 Å². The predicted octanol–water partition coefficient (Wildman–Crippen LogP) is 1.14. The minimum Gasteiger partial charge on any atom is -0.342 e. The number of likely N-dealkylation sites (tertiary alicyclic amines) is 1. The molecule has 1 amide bonds. The third-order valence-electron chi connectivity index (χ3n) is 4.07. The Bertz CT molecular complexity index is 716. The molecule has 0 aliphatic carbocycles. The summed E-state index contributed by atoms with van der Waals surface area (Å²) in [4.78, 5) is 30.3. The van der Waals surface area contributed by atoms with Crippen LogP contribution in [0.2, 0.25) is 0 Å². The van der Waals surface area contributed by atoms with Crippen molar-refractivity contribution < 1.29 is 4.79 Å². The summed E-state index contributed by atoms with van der Waals surface area (Å²) in [7, 11) is 0. The summed E-state index contributed by atoms with van der Waals surface area (Å²) in [5, 5.41) is 2.92. The molecule has 6 nitrogen and oxygen atoms in total. The van der Waals surface area contributed by atoms with Crippen molar-refractivity contribution in [2.24, 2.45) is 0 Å². The predicted molar refractivity (Wildman–Crippen MR) is 79.3 cm³/mol. The van der Waals surface area contributed by atoms with E-state index in [2.05, 4.69) is 10.1 Å². The number of aromatic amines is 1. The van der Waals surface area contributed by atoms with Crippen LogP contribution < -0.4 is 5.56 Å². The zero-order chi connectivity index (χ0) is 14.8. The number of hydrogen-bond acceptors (Lipinski definition) is 3. The lowest BCUT2D eigenvalue weighted by Gasteiger charge is -2.26. The van der Waals surface area contributed by atoms with Gasteiger partial charge in [-0.05, 0) is 19.3 Å². The molecule has 3 rings (SSSR count). The molecule has 21 heavy (non-hydrogen) atoms. The summed E-state index contributed by atoms with van der Waals surface area (Å²) in [6.07, 6.45) is 5.98. The average Bonchev–Trinajstić information content (AvgIpc) is 2.90. The first-order valence-corrected chi connectivity index (χ1v) is 7.55. The van der Waals surface area contributed by atoms with Crippen molar-refractivity contribution in [2.45, 2.75) is 39.0 Å². The molecule has 6 heteroatoms. The van der Waals surface area contributed by atoms with Gasteiger partial charge in [-0.1, -0.05) is 6.92 Å². The van der Waals surface area contributed by atoms with Crippen molar-refractivity contribution in [3.8, 4) is 0 Å². The van der Waals surface area contributed by atoms with E-state index in [1.165, 1.54) is 4.52 Å². The Morgan fingerprint density at radius 2 is 2.19 bits per heavy atom. The first kappa shape index (κ1) is 13.9. The fourth-order valence-corrected chi connectivity index (χ4v) is 2.81. The Morgan fingerprint density at radius 3 is 2.95 bits per heavy atom. The Labute approximate surface area is 122 Å². The van der Waals surface area contributed by atoms with Crippen LogP contribution in [0, 0.1) is 0 Å². The van der Waals surface area contributed by atoms with E-state index in [1.807, 2.05) is 18.0 Å². The van der Waals surface area contributed by atoms with Crippen LogP contribution in [0.1, 0.15) is 37.4 Å². The van der Waals surface area contributed by atoms with E-state index in [-0.39, 0.29) is 11.5 Å². The van der Waals surface area contributed by atoms with Gasteiger partial charge in [0.25, 0.3) is 5.56 Å². The molecule has 0 aromatic carbocycles. The molecule has 3 heterocycles. The summed E-state index contributed by atoms with van der Waals surface area (Å²) >= 11 is 0. The number of fused-ring (bicyclic) bond motifs is 1. The van der Waals surface area contributed by atoms with E-state index in [4.69, 9.17) is 0 Å². The first-order valence-electron chi connectivity index (χ1n) is 7.55. The van der Waals surface area contributed by atoms with Crippen molar-refractivity contribution in [1.82, 2.24) is 19.5 Å². The van der Waals surface area contributed by atoms with Gasteiger partial charge in [0.15, 0.2) is 5.65 Å². The smallest absolute Gasteiger partial charge is 0.272 e. The van der Waals surface area contributed by atoms with Gasteiger partial charge in [-0.3, -0.25) is 14.7 Å². The second kappa shape index (κ2) is 5.71. The van der Waals surface area contributed by atoms with Crippen molar-refractivity contribution in [3.05, 3.63) is 33.9 Å². The van der Waals surface area contributed by atoms with E-state index < -0.39 is 0 Å². The number of carbonyl (C=O) groups is 1. The molecule has 0 spiro atoms. The third-order valence-corrected chi connectivity index (χ3v) is 4.07. The highest BCUT2D eigenvalue weighted by Crippen LogP contribution is 2.12. The fourth-order valence-electron chi connectivity index (χ4n) is 2.81. The van der Waals surface area contributed by atoms with Crippen LogP contribution in [0.5, 0.6) is 0 Å². The number of hydrogen-bond donors (Lipinski definition) is 1. The Kier molecular flexibility index (Phi) is 3.77. The zero-order valence-corrected chi connectivity index (χ0v) is 12.3. The second-order valence-corrected chi connectivity index (χ2v) is 5.48. The number of aryl methyl sites for hydroxylation is 1. The number of nitrogens with zero attached hydrogens (tertiary/aromatic N) is 3. The Hall–Kier alpha value is -2.11. The van der Waals surface area contributed by atoms with Crippen LogP contribution in [0.25, 0.3) is 5.65 Å². The summed E-state index contributed by atoms with van der Waals surface area (Å²) in [5.74, 6) is 0.218. The highest BCUT2D eigenvalue weighted by molar-refractivity contribution is 5.76. The lowest BCUT2D eigenvalue weighted by molar-refractivity contribution is -0.133. The molecule has 1 N–H and O–H groups in total. The quantitative estimate of drug-likeness (QED) is 0.917. The second-order valence-electron chi connectivity index (χ2n) is 5.48. The molecule has 2 aromatic heterocycles. The topological polar surface area (TPSA) is 70.5 Å². The maximum atomic E-state index is 12.1. The molecule has 0 saturated carbocycles. The monoisotopic (exact) mass is 288 g/mol. The van der Waals surface area contributed by atoms with Crippen molar-refractivity contribution in [2.75, 3.05) is 13.1 Å². The van der Waals surface area contributed by atoms with Gasteiger partial charge < -0.3 is 4.90 Å². The summed E-state index contributed by atoms with van der Waals surface area (Å²) in [6, 6.07) is 1.55. The maximum Gasteiger partial charge on any atom is 0.272 e. The zero-order valence-electron chi connectivity index (χ0n) is 12.3. The van der Waals surface area contributed by atoms with Crippen molar-refractivity contribution in [1.29, 1.82) is 0 Å². The molecule has 1 fully saturated rings. The van der Waals surface area contributed by atoms with Gasteiger partial charge in [0.1, 0.15) is 0 Å². The first-order chi connectivity index (χ1) is 10.2. The van der Waals surface area contributed by atoms with Crippen LogP contribution in [-0.2, 0) is 17.6 Å². The number of aromatic nitrogens is 3. The molecule has 0 atom stereocenters. The minimum absolute atomic E-state index is 0.0975. The van der Waals surface area contributed by atoms with E-state index in [0.717, 1.165) is 37.1 Å². The third kappa shape index (κ3) is 2.70. The maximum absolute atomic E-state index is 12.1. The highest BCUT2D eigenvalue weighted by atomic mass is 16.2. The van der Waals surface area contributed by atoms with Crippen LogP contribution in [0.4, 0.5) is 0 Å². The Morgan fingerprint density at radius 1 is 1.33 bits per heavy atom. The van der Waals surface area contributed by atoms with Gasteiger partial charge in [-0.25, -0.2) is 9.50 Å². The molecule has 1 aliphatic rings. The van der Waals surface area contributed by atoms with Crippen LogP contribution in [0.15, 0.2) is 17.1 Å². The number of amides is 1. The summed E-state index contributed by atoms with van der Waals surface area (Å²) < 4.78 is 1.47. The van der Waals surface area contributed by atoms with E-state index in [9.17, 15) is 9.59 Å². The molecule has 0 bridgehead atoms. The van der Waals surface area contributed by atoms with E-state index in [0.29, 0.717) is 25.0 Å². The van der Waals surface area contributed by atoms with Gasteiger partial charge in [0.05, 0.1) is 5.69 Å². The summed E-state index contributed by atoms with van der Waals surface area (Å²) in [5.41, 5.74) is 2.39. The van der Waals surface area contributed by atoms with Gasteiger partial charge in [0, 0.05) is 43.8 Å². The van der Waals surface area contributed by atoms with E-state index >= 15 is 0 Å². The highest BCUT2D eigenvalue weighted by Gasteiger charge is 2.18. The number of H-pyrrole nitrogens is 1. The minimum atomic E-state index is -0.0975. The number of piperidine rings is 1. The Balaban J connectivity index is 1.80. The molecular formula is C15H20N4O2. The average molecular weight is 288 g/mol. The molecule has 1 saturated heterocycles. The normalized spacial score (nSPS) is 15.9. The van der Waals surface area contributed by atoms with Gasteiger partial charge >= 0.3 is 0 Å². The van der Waals surface area contributed by atoms with Crippen LogP contribution in [0.3, 0.4) is 0 Å². The van der Waals surface area contributed by atoms with Gasteiger partial charge in [-0.2, -0.15) is 0 Å². The molecular weight excluding hydrogens is 268 g/mol. The molecule has 0 unspecified atom stereocenters. The van der Waals surface area contributed by atoms with E-state index in [1.54, 1.807) is 6.07 Å². The van der Waals surface area contributed by atoms with Crippen LogP contribution >= 0.6 is 0 Å². The lowest BCUT2D eigenvalue weighted by atomic mass is 10.1. The molecule has 112 valence electrons. The molecule has 2 aromatic rings. The standard InChI is InChI=1S/C15H20N4O2/c1-2-11-10-16-19-14(21)9-12(17-15(11)19)6-8-18-7-4-3-5-13(18)20/h9-10,16H,2-8H2,1H3.